The second-order valence-electron chi connectivity index (χ2n) is 13.7. The first-order chi connectivity index (χ1) is 21.6. The summed E-state index contributed by atoms with van der Waals surface area (Å²) in [5, 5.41) is 23.5. The topological polar surface area (TPSA) is 94.2 Å². The monoisotopic (exact) mass is 630 g/mol. The molecular formula is C37H46N2O5S. The van der Waals surface area contributed by atoms with Gasteiger partial charge in [0.2, 0.25) is 5.78 Å². The first-order valence-corrected chi connectivity index (χ1v) is 17.2. The minimum absolute atomic E-state index is 0.0000475. The van der Waals surface area contributed by atoms with Crippen LogP contribution in [0.15, 0.2) is 64.8 Å². The maximum Gasteiger partial charge on any atom is 0.289 e. The number of β-amino-alcohol motifs (C(OH)–C–C–N with tert-alkyl or cyclic N) is 1. The highest BCUT2D eigenvalue weighted by atomic mass is 32.1. The quantitative estimate of drug-likeness (QED) is 0.251. The van der Waals surface area contributed by atoms with Crippen LogP contribution in [0.3, 0.4) is 0 Å². The minimum Gasteiger partial charge on any atom is -0.459 e. The molecule has 7 nitrogen and oxygen atoms in total. The van der Waals surface area contributed by atoms with Crippen molar-refractivity contribution in [2.45, 2.75) is 83.3 Å². The summed E-state index contributed by atoms with van der Waals surface area (Å²) in [5.74, 6) is 0.297. The number of ketones is 1. The molecule has 7 rings (SSSR count). The molecule has 2 aromatic heterocycles. The molecule has 240 valence electrons. The molecule has 1 aliphatic heterocycles. The van der Waals surface area contributed by atoms with E-state index in [2.05, 4.69) is 37.0 Å². The molecule has 45 heavy (non-hydrogen) atoms. The van der Waals surface area contributed by atoms with Crippen molar-refractivity contribution in [2.75, 3.05) is 32.7 Å². The van der Waals surface area contributed by atoms with E-state index < -0.39 is 17.1 Å². The largest absolute Gasteiger partial charge is 0.459 e. The van der Waals surface area contributed by atoms with E-state index in [1.165, 1.54) is 23.2 Å². The Balaban J connectivity index is 1.31. The highest BCUT2D eigenvalue weighted by molar-refractivity contribution is 7.14. The number of aliphatic hydroxyl groups is 2. The van der Waals surface area contributed by atoms with Crippen molar-refractivity contribution in [3.8, 4) is 0 Å². The van der Waals surface area contributed by atoms with Crippen molar-refractivity contribution in [1.82, 2.24) is 9.80 Å². The maximum atomic E-state index is 14.1. The Bertz CT molecular complexity index is 1550. The molecule has 1 amide bonds. The van der Waals surface area contributed by atoms with Gasteiger partial charge in [-0.15, -0.1) is 11.3 Å². The van der Waals surface area contributed by atoms with Crippen molar-refractivity contribution in [3.63, 3.8) is 0 Å². The number of hydrogen-bond acceptors (Lipinski definition) is 7. The number of piperazine rings is 1. The second kappa shape index (κ2) is 13.0. The number of allylic oxidation sites excluding steroid dienone is 2. The highest BCUT2D eigenvalue weighted by Gasteiger charge is 2.57. The fourth-order valence-electron chi connectivity index (χ4n) is 7.92. The lowest BCUT2D eigenvalue weighted by Gasteiger charge is -2.47. The third-order valence-electron chi connectivity index (χ3n) is 10.8. The standard InChI is InChI=1S/C37H46N2O5S/c1-25-6-4-15-36(3)31(14-16-37(36,43)24-38-17-19-39(20-18-38)35(42)32-7-5-21-44-32)29-12-10-27(22-28(40)11-8-25)23-30(29)34(41)33-13-9-26(2)45-33/h5-7,9-10,12-13,21,23,28,31,40,43H,4,8,11,14-20,22,24H2,1-3H3. The van der Waals surface area contributed by atoms with Crippen LogP contribution in [-0.4, -0.2) is 76.1 Å². The Morgan fingerprint density at radius 2 is 1.84 bits per heavy atom. The van der Waals surface area contributed by atoms with Gasteiger partial charge in [0.25, 0.3) is 5.91 Å². The lowest BCUT2D eigenvalue weighted by Crippen LogP contribution is -2.57. The van der Waals surface area contributed by atoms with Crippen molar-refractivity contribution in [2.24, 2.45) is 5.41 Å². The van der Waals surface area contributed by atoms with Gasteiger partial charge >= 0.3 is 0 Å². The molecule has 4 unspecified atom stereocenters. The van der Waals surface area contributed by atoms with Gasteiger partial charge in [-0.1, -0.05) is 30.7 Å². The zero-order chi connectivity index (χ0) is 31.8. The fraction of sp³-hybridized carbons (Fsp3) is 0.514. The smallest absolute Gasteiger partial charge is 0.289 e. The molecule has 4 aliphatic rings. The van der Waals surface area contributed by atoms with Gasteiger partial charge in [0.05, 0.1) is 22.8 Å². The van der Waals surface area contributed by atoms with Crippen LogP contribution in [0.1, 0.15) is 100 Å². The highest BCUT2D eigenvalue weighted by Crippen LogP contribution is 2.59. The molecular weight excluding hydrogens is 584 g/mol. The predicted molar refractivity (Wildman–Crippen MR) is 177 cm³/mol. The molecule has 2 bridgehead atoms. The van der Waals surface area contributed by atoms with E-state index in [1.54, 1.807) is 12.1 Å². The molecule has 1 saturated heterocycles. The van der Waals surface area contributed by atoms with E-state index in [0.717, 1.165) is 46.6 Å². The van der Waals surface area contributed by atoms with Crippen molar-refractivity contribution in [3.05, 3.63) is 92.6 Å². The van der Waals surface area contributed by atoms with Crippen LogP contribution in [0, 0.1) is 12.3 Å². The molecule has 1 aromatic carbocycles. The van der Waals surface area contributed by atoms with Crippen LogP contribution >= 0.6 is 11.3 Å². The number of thiophene rings is 1. The summed E-state index contributed by atoms with van der Waals surface area (Å²) >= 11 is 1.52. The molecule has 2 fully saturated rings. The van der Waals surface area contributed by atoms with Gasteiger partial charge in [-0.05, 0) is 106 Å². The number of fused-ring (bicyclic) bond motifs is 8. The zero-order valence-corrected chi connectivity index (χ0v) is 27.6. The molecule has 3 aromatic rings. The van der Waals surface area contributed by atoms with Crippen LogP contribution in [0.2, 0.25) is 0 Å². The number of aliphatic hydroxyl groups excluding tert-OH is 1. The lowest BCUT2D eigenvalue weighted by atomic mass is 9.64. The predicted octanol–water partition coefficient (Wildman–Crippen LogP) is 6.38. The van der Waals surface area contributed by atoms with Gasteiger partial charge < -0.3 is 19.5 Å². The van der Waals surface area contributed by atoms with Gasteiger partial charge in [0, 0.05) is 48.6 Å². The number of hydrogen-bond donors (Lipinski definition) is 2. The normalized spacial score (nSPS) is 28.0. The number of amides is 1. The summed E-state index contributed by atoms with van der Waals surface area (Å²) in [6, 6.07) is 13.5. The third kappa shape index (κ3) is 6.48. The summed E-state index contributed by atoms with van der Waals surface area (Å²) in [7, 11) is 0. The number of furan rings is 1. The van der Waals surface area contributed by atoms with E-state index in [9.17, 15) is 19.8 Å². The number of nitrogens with zero attached hydrogens (tertiary/aromatic N) is 2. The van der Waals surface area contributed by atoms with Crippen molar-refractivity contribution < 1.29 is 24.2 Å². The van der Waals surface area contributed by atoms with Gasteiger partial charge in [0.15, 0.2) is 5.76 Å². The van der Waals surface area contributed by atoms with Crippen molar-refractivity contribution in [1.29, 1.82) is 0 Å². The third-order valence-corrected chi connectivity index (χ3v) is 11.8. The molecule has 3 heterocycles. The van der Waals surface area contributed by atoms with E-state index in [0.29, 0.717) is 63.3 Å². The average molecular weight is 631 g/mol. The molecule has 2 N–H and O–H groups in total. The molecule has 0 spiro atoms. The Labute approximate surface area is 270 Å². The summed E-state index contributed by atoms with van der Waals surface area (Å²) in [5.41, 5.74) is 2.51. The SMILES string of the molecule is CC1=CCCC2(C)C(CCC2(O)CN2CCN(C(=O)c3ccco3)CC2)c2ccc(cc2C(=O)c2ccc(C)s2)CC(O)CC1. The van der Waals surface area contributed by atoms with E-state index >= 15 is 0 Å². The number of benzene rings is 1. The van der Waals surface area contributed by atoms with Gasteiger partial charge in [-0.2, -0.15) is 0 Å². The summed E-state index contributed by atoms with van der Waals surface area (Å²) in [6.45, 7) is 9.47. The van der Waals surface area contributed by atoms with E-state index in [-0.39, 0.29) is 17.6 Å². The minimum atomic E-state index is -0.960. The summed E-state index contributed by atoms with van der Waals surface area (Å²) in [4.78, 5) is 32.9. The molecule has 8 heteroatoms. The Morgan fingerprint density at radius 1 is 1.04 bits per heavy atom. The Morgan fingerprint density at radius 3 is 2.56 bits per heavy atom. The van der Waals surface area contributed by atoms with Crippen molar-refractivity contribution >= 4 is 23.0 Å². The molecule has 3 aliphatic carbocycles. The first-order valence-electron chi connectivity index (χ1n) is 16.4. The number of rotatable bonds is 5. The second-order valence-corrected chi connectivity index (χ2v) is 15.0. The van der Waals surface area contributed by atoms with E-state index in [1.807, 2.05) is 30.0 Å². The number of carbonyl (C=O) groups is 2. The molecule has 4 atom stereocenters. The first kappa shape index (κ1) is 31.9. The zero-order valence-electron chi connectivity index (χ0n) is 26.8. The van der Waals surface area contributed by atoms with Gasteiger partial charge in [-0.3, -0.25) is 14.5 Å². The van der Waals surface area contributed by atoms with E-state index in [4.69, 9.17) is 4.42 Å². The maximum absolute atomic E-state index is 14.1. The Hall–Kier alpha value is -3.04. The lowest BCUT2D eigenvalue weighted by molar-refractivity contribution is -0.0876. The number of carbonyl (C=O) groups excluding carboxylic acids is 2. The van der Waals surface area contributed by atoms with Crippen LogP contribution in [0.25, 0.3) is 0 Å². The molecule has 0 radical (unpaired) electrons. The summed E-state index contributed by atoms with van der Waals surface area (Å²) in [6.07, 6.45) is 8.40. The molecule has 1 saturated carbocycles. The fourth-order valence-corrected chi connectivity index (χ4v) is 8.74. The Kier molecular flexibility index (Phi) is 9.21. The van der Waals surface area contributed by atoms with Gasteiger partial charge in [0.1, 0.15) is 0 Å². The van der Waals surface area contributed by atoms with Gasteiger partial charge in [-0.25, -0.2) is 0 Å². The van der Waals surface area contributed by atoms with Crippen LogP contribution in [0.4, 0.5) is 0 Å². The van der Waals surface area contributed by atoms with Crippen LogP contribution in [0.5, 0.6) is 0 Å². The number of aryl methyl sites for hydroxylation is 1. The average Bonchev–Trinajstić information content (AvgIpc) is 3.77. The van der Waals surface area contributed by atoms with Crippen LogP contribution in [-0.2, 0) is 6.42 Å². The summed E-state index contributed by atoms with van der Waals surface area (Å²) < 4.78 is 5.34. The van der Waals surface area contributed by atoms with Crippen LogP contribution < -0.4 is 0 Å².